The fraction of sp³-hybridized carbons (Fsp3) is 0. The van der Waals surface area contributed by atoms with E-state index >= 15 is 0 Å². The van der Waals surface area contributed by atoms with E-state index in [0.29, 0.717) is 5.56 Å². The number of fused-ring (bicyclic) bond motifs is 1. The molecule has 116 valence electrons. The molecule has 4 aromatic rings. The molecule has 1 N–H and O–H groups in total. The molecule has 2 heterocycles. The first-order chi connectivity index (χ1) is 11.7. The fourth-order valence-corrected chi connectivity index (χ4v) is 2.61. The summed E-state index contributed by atoms with van der Waals surface area (Å²) in [6, 6.07) is 16.1. The van der Waals surface area contributed by atoms with Gasteiger partial charge in [0.2, 0.25) is 0 Å². The van der Waals surface area contributed by atoms with Crippen LogP contribution in [0.15, 0.2) is 67.0 Å². The number of aromatic hydroxyl groups is 1. The molecule has 0 aliphatic heterocycles. The molecule has 24 heavy (non-hydrogen) atoms. The summed E-state index contributed by atoms with van der Waals surface area (Å²) < 4.78 is 1.71. The summed E-state index contributed by atoms with van der Waals surface area (Å²) in [4.78, 5) is 15.5. The van der Waals surface area contributed by atoms with Crippen molar-refractivity contribution in [2.45, 2.75) is 0 Å². The quantitative estimate of drug-likeness (QED) is 0.587. The number of benzene rings is 2. The van der Waals surface area contributed by atoms with Gasteiger partial charge in [-0.3, -0.25) is 4.79 Å². The Morgan fingerprint density at radius 1 is 0.917 bits per heavy atom. The third kappa shape index (κ3) is 2.42. The van der Waals surface area contributed by atoms with Crippen molar-refractivity contribution in [2.24, 2.45) is 0 Å². The van der Waals surface area contributed by atoms with Crippen molar-refractivity contribution >= 4 is 11.9 Å². The molecule has 0 radical (unpaired) electrons. The molecule has 0 saturated heterocycles. The number of phenolic OH excluding ortho intramolecular Hbond substituents is 1. The number of rotatable bonds is 3. The molecular weight excluding hydrogens is 302 g/mol. The van der Waals surface area contributed by atoms with Crippen molar-refractivity contribution in [2.75, 3.05) is 0 Å². The highest BCUT2D eigenvalue weighted by Gasteiger charge is 2.10. The van der Waals surface area contributed by atoms with E-state index in [9.17, 15) is 9.90 Å². The topological polar surface area (TPSA) is 67.5 Å². The van der Waals surface area contributed by atoms with E-state index < -0.39 is 0 Å². The Hall–Kier alpha value is -3.47. The number of carbonyl (C=O) groups excluding carboxylic acids is 1. The van der Waals surface area contributed by atoms with Gasteiger partial charge < -0.3 is 5.11 Å². The standard InChI is InChI=1S/C19H13N3O2/c23-12-13-1-3-15(4-2-13)18-9-10-22-19(21-18)17(11-20-22)14-5-7-16(24)8-6-14/h1-12,24H. The van der Waals surface area contributed by atoms with E-state index in [2.05, 4.69) is 5.10 Å². The van der Waals surface area contributed by atoms with Crippen LogP contribution in [0.2, 0.25) is 0 Å². The van der Waals surface area contributed by atoms with Gasteiger partial charge in [0, 0.05) is 22.9 Å². The second-order valence-corrected chi connectivity index (χ2v) is 5.43. The van der Waals surface area contributed by atoms with Crippen molar-refractivity contribution in [1.82, 2.24) is 14.6 Å². The van der Waals surface area contributed by atoms with E-state index in [4.69, 9.17) is 4.98 Å². The highest BCUT2D eigenvalue weighted by atomic mass is 16.3. The Balaban J connectivity index is 1.83. The van der Waals surface area contributed by atoms with Crippen LogP contribution in [0.1, 0.15) is 10.4 Å². The molecule has 0 bridgehead atoms. The van der Waals surface area contributed by atoms with E-state index in [-0.39, 0.29) is 5.75 Å². The second-order valence-electron chi connectivity index (χ2n) is 5.43. The smallest absolute Gasteiger partial charge is 0.163 e. The van der Waals surface area contributed by atoms with Crippen LogP contribution >= 0.6 is 0 Å². The van der Waals surface area contributed by atoms with Crippen LogP contribution < -0.4 is 0 Å². The van der Waals surface area contributed by atoms with E-state index in [1.807, 2.05) is 36.5 Å². The third-order valence-corrected chi connectivity index (χ3v) is 3.89. The first-order valence-corrected chi connectivity index (χ1v) is 7.44. The lowest BCUT2D eigenvalue weighted by Crippen LogP contribution is -1.93. The summed E-state index contributed by atoms with van der Waals surface area (Å²) in [5.74, 6) is 0.221. The van der Waals surface area contributed by atoms with Crippen LogP contribution in [0.5, 0.6) is 5.75 Å². The molecule has 5 heteroatoms. The second kappa shape index (κ2) is 5.62. The van der Waals surface area contributed by atoms with Crippen LogP contribution in [-0.2, 0) is 0 Å². The molecule has 0 spiro atoms. The highest BCUT2D eigenvalue weighted by molar-refractivity contribution is 5.79. The summed E-state index contributed by atoms with van der Waals surface area (Å²) >= 11 is 0. The molecule has 0 fully saturated rings. The number of phenols is 1. The van der Waals surface area contributed by atoms with Crippen LogP contribution in [-0.4, -0.2) is 26.0 Å². The normalized spacial score (nSPS) is 10.8. The summed E-state index contributed by atoms with van der Waals surface area (Å²) in [5.41, 5.74) is 4.93. The minimum absolute atomic E-state index is 0.221. The Bertz CT molecular complexity index is 1020. The highest BCUT2D eigenvalue weighted by Crippen LogP contribution is 2.27. The van der Waals surface area contributed by atoms with Crippen molar-refractivity contribution in [3.8, 4) is 28.1 Å². The molecule has 5 nitrogen and oxygen atoms in total. The zero-order valence-corrected chi connectivity index (χ0v) is 12.6. The van der Waals surface area contributed by atoms with Gasteiger partial charge in [0.25, 0.3) is 0 Å². The van der Waals surface area contributed by atoms with Gasteiger partial charge in [0.1, 0.15) is 12.0 Å². The monoisotopic (exact) mass is 315 g/mol. The van der Waals surface area contributed by atoms with Gasteiger partial charge in [0.05, 0.1) is 11.9 Å². The average Bonchev–Trinajstić information content (AvgIpc) is 3.05. The number of hydrogen-bond donors (Lipinski definition) is 1. The zero-order chi connectivity index (χ0) is 16.5. The molecule has 2 aromatic heterocycles. The predicted octanol–water partition coefficient (Wildman–Crippen LogP) is 3.58. The van der Waals surface area contributed by atoms with Gasteiger partial charge in [-0.25, -0.2) is 9.50 Å². The lowest BCUT2D eigenvalue weighted by molar-refractivity contribution is 0.112. The molecular formula is C19H13N3O2. The summed E-state index contributed by atoms with van der Waals surface area (Å²) in [6.07, 6.45) is 4.43. The molecule has 0 saturated carbocycles. The van der Waals surface area contributed by atoms with Crippen LogP contribution in [0.3, 0.4) is 0 Å². The summed E-state index contributed by atoms with van der Waals surface area (Å²) in [6.45, 7) is 0. The Morgan fingerprint density at radius 2 is 1.62 bits per heavy atom. The zero-order valence-electron chi connectivity index (χ0n) is 12.6. The van der Waals surface area contributed by atoms with Gasteiger partial charge in [-0.05, 0) is 23.8 Å². The van der Waals surface area contributed by atoms with E-state index in [1.165, 1.54) is 0 Å². The lowest BCUT2D eigenvalue weighted by atomic mass is 10.1. The number of aromatic nitrogens is 3. The van der Waals surface area contributed by atoms with Gasteiger partial charge in [-0.15, -0.1) is 0 Å². The Labute approximate surface area is 137 Å². The minimum atomic E-state index is 0.221. The predicted molar refractivity (Wildman–Crippen MR) is 90.9 cm³/mol. The van der Waals surface area contributed by atoms with Gasteiger partial charge in [-0.1, -0.05) is 36.4 Å². The Morgan fingerprint density at radius 3 is 2.33 bits per heavy atom. The van der Waals surface area contributed by atoms with E-state index in [1.54, 1.807) is 35.0 Å². The van der Waals surface area contributed by atoms with E-state index in [0.717, 1.165) is 34.3 Å². The van der Waals surface area contributed by atoms with Crippen LogP contribution in [0, 0.1) is 0 Å². The summed E-state index contributed by atoms with van der Waals surface area (Å²) in [7, 11) is 0. The molecule has 0 aliphatic carbocycles. The molecule has 0 atom stereocenters. The maximum absolute atomic E-state index is 10.8. The van der Waals surface area contributed by atoms with Crippen molar-refractivity contribution in [3.63, 3.8) is 0 Å². The average molecular weight is 315 g/mol. The molecule has 0 unspecified atom stereocenters. The molecule has 2 aromatic carbocycles. The number of nitrogens with zero attached hydrogens (tertiary/aromatic N) is 3. The first kappa shape index (κ1) is 14.1. The van der Waals surface area contributed by atoms with Crippen molar-refractivity contribution < 1.29 is 9.90 Å². The fourth-order valence-electron chi connectivity index (χ4n) is 2.61. The first-order valence-electron chi connectivity index (χ1n) is 7.44. The number of carbonyl (C=O) groups is 1. The van der Waals surface area contributed by atoms with Crippen molar-refractivity contribution in [3.05, 3.63) is 72.6 Å². The Kier molecular flexibility index (Phi) is 3.31. The molecule has 0 aliphatic rings. The number of aldehydes is 1. The lowest BCUT2D eigenvalue weighted by Gasteiger charge is -2.04. The maximum Gasteiger partial charge on any atom is 0.163 e. The minimum Gasteiger partial charge on any atom is -0.508 e. The molecule has 0 amide bonds. The van der Waals surface area contributed by atoms with Crippen molar-refractivity contribution in [1.29, 1.82) is 0 Å². The summed E-state index contributed by atoms with van der Waals surface area (Å²) in [5, 5.41) is 13.8. The number of hydrogen-bond acceptors (Lipinski definition) is 4. The third-order valence-electron chi connectivity index (χ3n) is 3.89. The molecule has 4 rings (SSSR count). The van der Waals surface area contributed by atoms with Crippen LogP contribution in [0.4, 0.5) is 0 Å². The largest absolute Gasteiger partial charge is 0.508 e. The van der Waals surface area contributed by atoms with Gasteiger partial charge >= 0.3 is 0 Å². The SMILES string of the molecule is O=Cc1ccc(-c2ccn3ncc(-c4ccc(O)cc4)c3n2)cc1. The van der Waals surface area contributed by atoms with Gasteiger partial charge in [-0.2, -0.15) is 5.10 Å². The van der Waals surface area contributed by atoms with Gasteiger partial charge in [0.15, 0.2) is 5.65 Å². The maximum atomic E-state index is 10.8. The van der Waals surface area contributed by atoms with Crippen LogP contribution in [0.25, 0.3) is 28.0 Å².